The third-order valence-corrected chi connectivity index (χ3v) is 3.87. The van der Waals surface area contributed by atoms with E-state index in [1.807, 2.05) is 19.1 Å². The zero-order valence-corrected chi connectivity index (χ0v) is 15.0. The molecule has 3 rings (SSSR count). The van der Waals surface area contributed by atoms with Crippen LogP contribution in [0, 0.1) is 0 Å². The second kappa shape index (κ2) is 7.92. The number of hydrogen-bond acceptors (Lipinski definition) is 7. The number of phenols is 2. The van der Waals surface area contributed by atoms with Gasteiger partial charge in [0.05, 0.1) is 12.8 Å². The summed E-state index contributed by atoms with van der Waals surface area (Å²) >= 11 is 4.29. The molecule has 0 aliphatic rings. The Bertz CT molecular complexity index is 923. The number of phenolic OH excluding ortho intramolecular Hbond substituents is 2. The lowest BCUT2D eigenvalue weighted by Crippen LogP contribution is -2.01. The predicted octanol–water partition coefficient (Wildman–Crippen LogP) is 2.85. The average molecular weight is 370 g/mol. The van der Waals surface area contributed by atoms with Crippen LogP contribution in [-0.4, -0.2) is 37.9 Å². The van der Waals surface area contributed by atoms with Crippen molar-refractivity contribution in [2.45, 2.75) is 18.5 Å². The molecule has 0 spiro atoms. The van der Waals surface area contributed by atoms with Gasteiger partial charge in [0.2, 0.25) is 5.16 Å². The van der Waals surface area contributed by atoms with Crippen molar-refractivity contribution < 1.29 is 14.9 Å². The number of aromatic hydroxyl groups is 2. The smallest absolute Gasteiger partial charge is 0.208 e. The van der Waals surface area contributed by atoms with E-state index >= 15 is 0 Å². The van der Waals surface area contributed by atoms with E-state index in [0.29, 0.717) is 29.8 Å². The summed E-state index contributed by atoms with van der Waals surface area (Å²) in [5, 5.41) is 31.9. The Morgan fingerprint density at radius 1 is 1.15 bits per heavy atom. The van der Waals surface area contributed by atoms with E-state index in [1.54, 1.807) is 36.5 Å². The molecule has 1 aromatic heterocycles. The van der Waals surface area contributed by atoms with Gasteiger partial charge in [0, 0.05) is 6.42 Å². The Morgan fingerprint density at radius 2 is 1.92 bits per heavy atom. The highest BCUT2D eigenvalue weighted by Gasteiger charge is 2.10. The Hall–Kier alpha value is -3.00. The lowest BCUT2D eigenvalue weighted by Gasteiger charge is -2.06. The zero-order chi connectivity index (χ0) is 18.5. The van der Waals surface area contributed by atoms with E-state index in [2.05, 4.69) is 27.9 Å². The van der Waals surface area contributed by atoms with Gasteiger partial charge in [0.25, 0.3) is 0 Å². The van der Waals surface area contributed by atoms with Crippen molar-refractivity contribution in [2.75, 3.05) is 6.61 Å². The molecule has 0 radical (unpaired) electrons. The van der Waals surface area contributed by atoms with E-state index in [4.69, 9.17) is 4.74 Å². The summed E-state index contributed by atoms with van der Waals surface area (Å²) < 4.78 is 6.90. The van der Waals surface area contributed by atoms with Crippen LogP contribution in [0.25, 0.3) is 0 Å². The highest BCUT2D eigenvalue weighted by molar-refractivity contribution is 7.80. The SMILES string of the molecule is CCOc1cc(/C=N/n2c(S)nnc2Cc2ccc(O)cc2)ccc1O. The van der Waals surface area contributed by atoms with Crippen LogP contribution in [0.15, 0.2) is 52.7 Å². The lowest BCUT2D eigenvalue weighted by molar-refractivity contribution is 0.318. The Labute approximate surface area is 156 Å². The molecule has 0 unspecified atom stereocenters. The minimum Gasteiger partial charge on any atom is -0.508 e. The van der Waals surface area contributed by atoms with Gasteiger partial charge in [-0.3, -0.25) is 0 Å². The monoisotopic (exact) mass is 370 g/mol. The number of nitrogens with zero attached hydrogens (tertiary/aromatic N) is 4. The Balaban J connectivity index is 1.83. The molecular weight excluding hydrogens is 352 g/mol. The first-order chi connectivity index (χ1) is 12.6. The van der Waals surface area contributed by atoms with Crippen LogP contribution < -0.4 is 4.74 Å². The molecule has 3 aromatic rings. The standard InChI is InChI=1S/C18H18N4O3S/c1-2-25-16-9-13(5-8-15(16)24)11-19-22-17(20-21-18(22)26)10-12-3-6-14(23)7-4-12/h3-9,11,23-24H,2,10H2,1H3,(H,21,26)/b19-11+. The molecule has 0 saturated carbocycles. The molecule has 26 heavy (non-hydrogen) atoms. The van der Waals surface area contributed by atoms with Crippen molar-refractivity contribution in [3.05, 3.63) is 59.4 Å². The molecule has 0 amide bonds. The van der Waals surface area contributed by atoms with Gasteiger partial charge in [0.15, 0.2) is 17.3 Å². The molecule has 8 heteroatoms. The first-order valence-corrected chi connectivity index (χ1v) is 8.43. The summed E-state index contributed by atoms with van der Waals surface area (Å²) in [4.78, 5) is 0. The van der Waals surface area contributed by atoms with E-state index in [9.17, 15) is 10.2 Å². The number of hydrogen-bond donors (Lipinski definition) is 3. The molecule has 0 saturated heterocycles. The van der Waals surface area contributed by atoms with Crippen molar-refractivity contribution in [1.82, 2.24) is 14.9 Å². The first kappa shape index (κ1) is 17.8. The van der Waals surface area contributed by atoms with Crippen LogP contribution in [0.1, 0.15) is 23.9 Å². The summed E-state index contributed by atoms with van der Waals surface area (Å²) in [6.07, 6.45) is 2.11. The summed E-state index contributed by atoms with van der Waals surface area (Å²) in [5.41, 5.74) is 1.71. The maximum Gasteiger partial charge on any atom is 0.208 e. The molecule has 7 nitrogen and oxygen atoms in total. The van der Waals surface area contributed by atoms with Crippen LogP contribution in [0.2, 0.25) is 0 Å². The molecule has 0 fully saturated rings. The maximum absolute atomic E-state index is 9.77. The molecule has 2 aromatic carbocycles. The van der Waals surface area contributed by atoms with Crippen molar-refractivity contribution in [1.29, 1.82) is 0 Å². The lowest BCUT2D eigenvalue weighted by atomic mass is 10.1. The summed E-state index contributed by atoms with van der Waals surface area (Å²) in [5.74, 6) is 1.30. The van der Waals surface area contributed by atoms with Gasteiger partial charge in [0.1, 0.15) is 5.75 Å². The third-order valence-electron chi connectivity index (χ3n) is 3.59. The number of ether oxygens (including phenoxy) is 1. The number of rotatable bonds is 6. The largest absolute Gasteiger partial charge is 0.508 e. The predicted molar refractivity (Wildman–Crippen MR) is 100 cm³/mol. The van der Waals surface area contributed by atoms with Crippen molar-refractivity contribution >= 4 is 18.8 Å². The van der Waals surface area contributed by atoms with Gasteiger partial charge in [-0.15, -0.1) is 22.8 Å². The van der Waals surface area contributed by atoms with Gasteiger partial charge in [-0.05, 0) is 48.4 Å². The number of aromatic nitrogens is 3. The van der Waals surface area contributed by atoms with Crippen LogP contribution in [0.3, 0.4) is 0 Å². The van der Waals surface area contributed by atoms with Gasteiger partial charge in [-0.25, -0.2) is 0 Å². The van der Waals surface area contributed by atoms with Gasteiger partial charge in [-0.2, -0.15) is 9.78 Å². The molecule has 1 heterocycles. The van der Waals surface area contributed by atoms with E-state index in [-0.39, 0.29) is 11.5 Å². The highest BCUT2D eigenvalue weighted by Crippen LogP contribution is 2.26. The quantitative estimate of drug-likeness (QED) is 0.458. The zero-order valence-electron chi connectivity index (χ0n) is 14.1. The summed E-state index contributed by atoms with van der Waals surface area (Å²) in [7, 11) is 0. The van der Waals surface area contributed by atoms with Crippen molar-refractivity contribution in [2.24, 2.45) is 5.10 Å². The fraction of sp³-hybridized carbons (Fsp3) is 0.167. The van der Waals surface area contributed by atoms with Crippen LogP contribution in [-0.2, 0) is 6.42 Å². The minimum absolute atomic E-state index is 0.0798. The van der Waals surface area contributed by atoms with E-state index in [0.717, 1.165) is 11.1 Å². The third kappa shape index (κ3) is 4.15. The average Bonchev–Trinajstić information content (AvgIpc) is 2.97. The number of benzene rings is 2. The molecule has 2 N–H and O–H groups in total. The molecule has 0 bridgehead atoms. The van der Waals surface area contributed by atoms with Crippen LogP contribution >= 0.6 is 12.6 Å². The van der Waals surface area contributed by atoms with Crippen molar-refractivity contribution in [3.63, 3.8) is 0 Å². The molecule has 134 valence electrons. The van der Waals surface area contributed by atoms with Crippen LogP contribution in [0.4, 0.5) is 0 Å². The van der Waals surface area contributed by atoms with E-state index in [1.165, 1.54) is 4.68 Å². The van der Waals surface area contributed by atoms with Gasteiger partial charge in [-0.1, -0.05) is 12.1 Å². The maximum atomic E-state index is 9.77. The second-order valence-corrected chi connectivity index (χ2v) is 5.88. The number of thiol groups is 1. The van der Waals surface area contributed by atoms with Gasteiger partial charge < -0.3 is 14.9 Å². The highest BCUT2D eigenvalue weighted by atomic mass is 32.1. The topological polar surface area (TPSA) is 92.8 Å². The molecule has 0 aliphatic heterocycles. The first-order valence-electron chi connectivity index (χ1n) is 7.98. The van der Waals surface area contributed by atoms with Crippen molar-refractivity contribution in [3.8, 4) is 17.2 Å². The Morgan fingerprint density at radius 3 is 2.65 bits per heavy atom. The fourth-order valence-electron chi connectivity index (χ4n) is 2.33. The van der Waals surface area contributed by atoms with Crippen LogP contribution in [0.5, 0.6) is 17.2 Å². The second-order valence-electron chi connectivity index (χ2n) is 5.48. The molecular formula is C18H18N4O3S. The normalized spacial score (nSPS) is 11.2. The van der Waals surface area contributed by atoms with Gasteiger partial charge >= 0.3 is 0 Å². The summed E-state index contributed by atoms with van der Waals surface area (Å²) in [6, 6.07) is 11.8. The summed E-state index contributed by atoms with van der Waals surface area (Å²) in [6.45, 7) is 2.30. The Kier molecular flexibility index (Phi) is 5.43. The minimum atomic E-state index is 0.0798. The molecule has 0 atom stereocenters. The molecule has 0 aliphatic carbocycles. The fourth-order valence-corrected chi connectivity index (χ4v) is 2.55. The van der Waals surface area contributed by atoms with E-state index < -0.39 is 0 Å².